The molecule has 0 saturated carbocycles. The number of nitrogens with zero attached hydrogens (tertiary/aromatic N) is 2. The number of carbonyl (C=O) groups is 1. The van der Waals surface area contributed by atoms with Gasteiger partial charge >= 0.3 is 6.18 Å². The Morgan fingerprint density at radius 3 is 2.22 bits per heavy atom. The summed E-state index contributed by atoms with van der Waals surface area (Å²) < 4.78 is 39.1. The van der Waals surface area contributed by atoms with Gasteiger partial charge in [-0.25, -0.2) is 4.68 Å². The maximum atomic E-state index is 12.6. The van der Waals surface area contributed by atoms with Crippen LogP contribution in [0.3, 0.4) is 0 Å². The molecule has 3 rings (SSSR count). The molecule has 0 radical (unpaired) electrons. The van der Waals surface area contributed by atoms with Gasteiger partial charge in [-0.2, -0.15) is 18.3 Å². The molecular weight excluding hydrogens is 355 g/mol. The molecule has 0 bridgehead atoms. The van der Waals surface area contributed by atoms with Crippen LogP contribution < -0.4 is 5.32 Å². The van der Waals surface area contributed by atoms with Crippen LogP contribution in [0, 0.1) is 13.8 Å². The first kappa shape index (κ1) is 18.7. The zero-order valence-electron chi connectivity index (χ0n) is 14.8. The van der Waals surface area contributed by atoms with Crippen LogP contribution in [0.2, 0.25) is 0 Å². The number of aryl methyl sites for hydroxylation is 2. The highest BCUT2D eigenvalue weighted by Gasteiger charge is 2.33. The van der Waals surface area contributed by atoms with Crippen LogP contribution in [0.25, 0.3) is 5.69 Å². The van der Waals surface area contributed by atoms with E-state index in [1.165, 1.54) is 10.9 Å². The molecule has 0 aliphatic heterocycles. The largest absolute Gasteiger partial charge is 0.435 e. The summed E-state index contributed by atoms with van der Waals surface area (Å²) in [6, 6.07) is 13.4. The van der Waals surface area contributed by atoms with E-state index in [-0.39, 0.29) is 5.91 Å². The predicted molar refractivity (Wildman–Crippen MR) is 95.7 cm³/mol. The van der Waals surface area contributed by atoms with Gasteiger partial charge in [-0.05, 0) is 49.7 Å². The number of alkyl halides is 3. The van der Waals surface area contributed by atoms with Crippen LogP contribution in [0.5, 0.6) is 0 Å². The fourth-order valence-corrected chi connectivity index (χ4v) is 2.78. The standard InChI is InChI=1S/C20H18F3N3O/c1-13-9-14(2)11-16(10-13)19(27)24-12-15-3-5-17(6-4-15)26-8-7-18(25-26)20(21,22)23/h3-11H,12H2,1-2H3,(H,24,27). The third-order valence-corrected chi connectivity index (χ3v) is 4.02. The van der Waals surface area contributed by atoms with Crippen molar-refractivity contribution in [2.24, 2.45) is 0 Å². The van der Waals surface area contributed by atoms with Gasteiger partial charge in [-0.3, -0.25) is 4.79 Å². The molecule has 4 nitrogen and oxygen atoms in total. The molecular formula is C20H18F3N3O. The molecule has 0 aliphatic carbocycles. The number of hydrogen-bond donors (Lipinski definition) is 1. The topological polar surface area (TPSA) is 46.9 Å². The SMILES string of the molecule is Cc1cc(C)cc(C(=O)NCc2ccc(-n3ccc(C(F)(F)F)n3)cc2)c1. The highest BCUT2D eigenvalue weighted by molar-refractivity contribution is 5.94. The van der Waals surface area contributed by atoms with E-state index in [1.807, 2.05) is 32.0 Å². The lowest BCUT2D eigenvalue weighted by atomic mass is 10.1. The van der Waals surface area contributed by atoms with Crippen molar-refractivity contribution >= 4 is 5.91 Å². The summed E-state index contributed by atoms with van der Waals surface area (Å²) in [7, 11) is 0. The van der Waals surface area contributed by atoms with Gasteiger partial charge in [-0.15, -0.1) is 0 Å². The van der Waals surface area contributed by atoms with E-state index in [9.17, 15) is 18.0 Å². The monoisotopic (exact) mass is 373 g/mol. The molecule has 0 unspecified atom stereocenters. The van der Waals surface area contributed by atoms with Gasteiger partial charge in [-0.1, -0.05) is 29.3 Å². The Kier molecular flexibility index (Phi) is 5.03. The van der Waals surface area contributed by atoms with Crippen molar-refractivity contribution in [2.45, 2.75) is 26.6 Å². The Morgan fingerprint density at radius 1 is 1.04 bits per heavy atom. The predicted octanol–water partition coefficient (Wildman–Crippen LogP) is 4.44. The molecule has 0 atom stereocenters. The number of halogens is 3. The van der Waals surface area contributed by atoms with E-state index in [0.717, 1.165) is 22.8 Å². The van der Waals surface area contributed by atoms with Crippen LogP contribution in [-0.2, 0) is 12.7 Å². The van der Waals surface area contributed by atoms with Crippen molar-refractivity contribution in [1.29, 1.82) is 0 Å². The Morgan fingerprint density at radius 2 is 1.67 bits per heavy atom. The number of aromatic nitrogens is 2. The van der Waals surface area contributed by atoms with Gasteiger partial charge in [0.25, 0.3) is 5.91 Å². The van der Waals surface area contributed by atoms with Crippen LogP contribution in [0.1, 0.15) is 32.7 Å². The number of hydrogen-bond acceptors (Lipinski definition) is 2. The minimum atomic E-state index is -4.47. The third-order valence-electron chi connectivity index (χ3n) is 4.02. The van der Waals surface area contributed by atoms with Crippen molar-refractivity contribution in [3.05, 3.63) is 82.7 Å². The third kappa shape index (κ3) is 4.55. The van der Waals surface area contributed by atoms with E-state index in [1.54, 1.807) is 24.3 Å². The molecule has 140 valence electrons. The van der Waals surface area contributed by atoms with Crippen LogP contribution in [-0.4, -0.2) is 15.7 Å². The number of carbonyl (C=O) groups excluding carboxylic acids is 1. The average Bonchev–Trinajstić information content (AvgIpc) is 3.10. The minimum absolute atomic E-state index is 0.173. The molecule has 1 aromatic heterocycles. The summed E-state index contributed by atoms with van der Waals surface area (Å²) in [6.07, 6.45) is -3.21. The summed E-state index contributed by atoms with van der Waals surface area (Å²) in [5.74, 6) is -0.173. The van der Waals surface area contributed by atoms with Gasteiger partial charge in [0.15, 0.2) is 5.69 Å². The van der Waals surface area contributed by atoms with Crippen LogP contribution in [0.15, 0.2) is 54.7 Å². The second-order valence-electron chi connectivity index (χ2n) is 6.37. The van der Waals surface area contributed by atoms with Gasteiger partial charge in [0.2, 0.25) is 0 Å². The fraction of sp³-hybridized carbons (Fsp3) is 0.200. The van der Waals surface area contributed by atoms with Crippen molar-refractivity contribution < 1.29 is 18.0 Å². The van der Waals surface area contributed by atoms with E-state index in [4.69, 9.17) is 0 Å². The van der Waals surface area contributed by atoms with Gasteiger partial charge in [0.1, 0.15) is 0 Å². The Balaban J connectivity index is 1.65. The molecule has 2 aromatic carbocycles. The molecule has 7 heteroatoms. The zero-order valence-corrected chi connectivity index (χ0v) is 14.8. The van der Waals surface area contributed by atoms with Crippen molar-refractivity contribution in [1.82, 2.24) is 15.1 Å². The van der Waals surface area contributed by atoms with Crippen LogP contribution in [0.4, 0.5) is 13.2 Å². The van der Waals surface area contributed by atoms with Gasteiger partial charge in [0.05, 0.1) is 5.69 Å². The molecule has 1 N–H and O–H groups in total. The first-order valence-electron chi connectivity index (χ1n) is 8.31. The second-order valence-corrected chi connectivity index (χ2v) is 6.37. The second kappa shape index (κ2) is 7.26. The number of nitrogens with one attached hydrogen (secondary N) is 1. The van der Waals surface area contributed by atoms with E-state index < -0.39 is 11.9 Å². The average molecular weight is 373 g/mol. The Hall–Kier alpha value is -3.09. The lowest BCUT2D eigenvalue weighted by Gasteiger charge is -2.08. The normalized spacial score (nSPS) is 11.4. The van der Waals surface area contributed by atoms with E-state index in [0.29, 0.717) is 17.8 Å². The summed E-state index contributed by atoms with van der Waals surface area (Å²) in [5.41, 5.74) is 3.03. The lowest BCUT2D eigenvalue weighted by Crippen LogP contribution is -2.23. The minimum Gasteiger partial charge on any atom is -0.348 e. The quantitative estimate of drug-likeness (QED) is 0.735. The zero-order chi connectivity index (χ0) is 19.6. The van der Waals surface area contributed by atoms with E-state index >= 15 is 0 Å². The summed E-state index contributed by atoms with van der Waals surface area (Å²) in [5, 5.41) is 6.38. The molecule has 0 fully saturated rings. The van der Waals surface area contributed by atoms with Crippen molar-refractivity contribution in [3.63, 3.8) is 0 Å². The van der Waals surface area contributed by atoms with Crippen molar-refractivity contribution in [2.75, 3.05) is 0 Å². The maximum absolute atomic E-state index is 12.6. The summed E-state index contributed by atoms with van der Waals surface area (Å²) in [6.45, 7) is 4.18. The first-order valence-corrected chi connectivity index (χ1v) is 8.31. The first-order chi connectivity index (χ1) is 12.7. The smallest absolute Gasteiger partial charge is 0.348 e. The maximum Gasteiger partial charge on any atom is 0.435 e. The number of benzene rings is 2. The number of rotatable bonds is 4. The Bertz CT molecular complexity index is 939. The van der Waals surface area contributed by atoms with E-state index in [2.05, 4.69) is 10.4 Å². The highest BCUT2D eigenvalue weighted by atomic mass is 19.4. The molecule has 0 saturated heterocycles. The summed E-state index contributed by atoms with van der Waals surface area (Å²) >= 11 is 0. The Labute approximate surface area is 154 Å². The molecule has 0 spiro atoms. The number of amides is 1. The highest BCUT2D eigenvalue weighted by Crippen LogP contribution is 2.27. The molecule has 27 heavy (non-hydrogen) atoms. The molecule has 1 heterocycles. The fourth-order valence-electron chi connectivity index (χ4n) is 2.78. The van der Waals surface area contributed by atoms with Crippen LogP contribution >= 0.6 is 0 Å². The van der Waals surface area contributed by atoms with Gasteiger partial charge in [0, 0.05) is 18.3 Å². The van der Waals surface area contributed by atoms with Gasteiger partial charge < -0.3 is 5.32 Å². The lowest BCUT2D eigenvalue weighted by molar-refractivity contribution is -0.141. The molecule has 1 amide bonds. The summed E-state index contributed by atoms with van der Waals surface area (Å²) in [4.78, 5) is 12.3. The molecule has 0 aliphatic rings. The van der Waals surface area contributed by atoms with Crippen molar-refractivity contribution in [3.8, 4) is 5.69 Å². The molecule has 3 aromatic rings.